The van der Waals surface area contributed by atoms with Crippen molar-refractivity contribution < 1.29 is 0 Å². The zero-order valence-electron chi connectivity index (χ0n) is 11.7. The van der Waals surface area contributed by atoms with Gasteiger partial charge in [0.2, 0.25) is 0 Å². The van der Waals surface area contributed by atoms with Crippen molar-refractivity contribution in [2.45, 2.75) is 59.8 Å². The Kier molecular flexibility index (Phi) is 6.87. The molecular formula is C15H30S. The van der Waals surface area contributed by atoms with Crippen LogP contribution in [-0.2, 0) is 0 Å². The molecule has 1 heteroatoms. The first kappa shape index (κ1) is 14.4. The third-order valence-corrected chi connectivity index (χ3v) is 5.35. The average Bonchev–Trinajstić information content (AvgIpc) is 2.24. The summed E-state index contributed by atoms with van der Waals surface area (Å²) in [6.45, 7) is 9.69. The fraction of sp³-hybridized carbons (Fsp3) is 1.00. The summed E-state index contributed by atoms with van der Waals surface area (Å²) in [5.74, 6) is 6.55. The van der Waals surface area contributed by atoms with Crippen molar-refractivity contribution in [3.05, 3.63) is 0 Å². The van der Waals surface area contributed by atoms with Crippen LogP contribution >= 0.6 is 11.8 Å². The molecule has 96 valence electrons. The van der Waals surface area contributed by atoms with E-state index in [1.807, 2.05) is 0 Å². The third kappa shape index (κ3) is 4.69. The first-order chi connectivity index (χ1) is 7.65. The molecule has 3 atom stereocenters. The Hall–Kier alpha value is 0.350. The normalized spacial score (nSPS) is 32.6. The van der Waals surface area contributed by atoms with Crippen molar-refractivity contribution >= 4 is 11.8 Å². The highest BCUT2D eigenvalue weighted by molar-refractivity contribution is 7.99. The second kappa shape index (κ2) is 7.63. The van der Waals surface area contributed by atoms with Gasteiger partial charge in [-0.25, -0.2) is 0 Å². The second-order valence-corrected chi connectivity index (χ2v) is 7.27. The summed E-state index contributed by atoms with van der Waals surface area (Å²) in [4.78, 5) is 0. The maximum atomic E-state index is 2.48. The van der Waals surface area contributed by atoms with Gasteiger partial charge in [-0.3, -0.25) is 0 Å². The van der Waals surface area contributed by atoms with E-state index in [-0.39, 0.29) is 0 Å². The maximum absolute atomic E-state index is 2.48. The molecule has 1 rings (SSSR count). The lowest BCUT2D eigenvalue weighted by molar-refractivity contribution is 0.148. The van der Waals surface area contributed by atoms with Gasteiger partial charge >= 0.3 is 0 Å². The van der Waals surface area contributed by atoms with Crippen LogP contribution in [-0.4, -0.2) is 11.5 Å². The van der Waals surface area contributed by atoms with Gasteiger partial charge in [-0.05, 0) is 48.0 Å². The van der Waals surface area contributed by atoms with Crippen LogP contribution in [0.1, 0.15) is 59.8 Å². The van der Waals surface area contributed by atoms with Crippen molar-refractivity contribution in [2.24, 2.45) is 23.7 Å². The van der Waals surface area contributed by atoms with Crippen LogP contribution in [0.4, 0.5) is 0 Å². The number of hydrogen-bond acceptors (Lipinski definition) is 1. The van der Waals surface area contributed by atoms with E-state index in [1.54, 1.807) is 0 Å². The molecule has 0 aromatic carbocycles. The minimum absolute atomic E-state index is 0.937. The molecular weight excluding hydrogens is 212 g/mol. The largest absolute Gasteiger partial charge is 0.162 e. The highest BCUT2D eigenvalue weighted by Gasteiger charge is 2.28. The minimum Gasteiger partial charge on any atom is -0.162 e. The minimum atomic E-state index is 0.937. The van der Waals surface area contributed by atoms with Crippen molar-refractivity contribution in [3.63, 3.8) is 0 Å². The first-order valence-electron chi connectivity index (χ1n) is 7.22. The summed E-state index contributed by atoms with van der Waals surface area (Å²) in [6.07, 6.45) is 7.33. The molecule has 0 radical (unpaired) electrons. The Morgan fingerprint density at radius 3 is 2.38 bits per heavy atom. The van der Waals surface area contributed by atoms with E-state index in [1.165, 1.54) is 43.6 Å². The molecule has 0 heterocycles. The predicted octanol–water partition coefficient (Wildman–Crippen LogP) is 5.23. The van der Waals surface area contributed by atoms with Gasteiger partial charge in [0.1, 0.15) is 0 Å². The van der Waals surface area contributed by atoms with Crippen LogP contribution in [0.2, 0.25) is 0 Å². The zero-order chi connectivity index (χ0) is 12.0. The van der Waals surface area contributed by atoms with Gasteiger partial charge in [-0.1, -0.05) is 47.0 Å². The molecule has 1 saturated carbocycles. The topological polar surface area (TPSA) is 0 Å². The van der Waals surface area contributed by atoms with Crippen LogP contribution in [0.5, 0.6) is 0 Å². The molecule has 3 unspecified atom stereocenters. The van der Waals surface area contributed by atoms with Gasteiger partial charge in [0.05, 0.1) is 0 Å². The smallest absolute Gasteiger partial charge is 0.00651 e. The van der Waals surface area contributed by atoms with Gasteiger partial charge in [0.15, 0.2) is 0 Å². The molecule has 0 amide bonds. The SMILES string of the molecule is CCSCCC(C)CC1C(C)CCCC1C. The van der Waals surface area contributed by atoms with Gasteiger partial charge in [-0.2, -0.15) is 11.8 Å². The molecule has 0 aromatic heterocycles. The fourth-order valence-corrected chi connectivity index (χ4v) is 4.08. The lowest BCUT2D eigenvalue weighted by Gasteiger charge is -2.36. The lowest BCUT2D eigenvalue weighted by Crippen LogP contribution is -2.26. The van der Waals surface area contributed by atoms with E-state index in [2.05, 4.69) is 39.5 Å². The molecule has 0 saturated heterocycles. The molecule has 1 aliphatic carbocycles. The Morgan fingerprint density at radius 1 is 1.19 bits per heavy atom. The molecule has 1 aliphatic rings. The standard InChI is InChI=1S/C15H30S/c1-5-16-10-9-12(2)11-15-13(3)7-6-8-14(15)4/h12-15H,5-11H2,1-4H3. The molecule has 0 aromatic rings. The highest BCUT2D eigenvalue weighted by Crippen LogP contribution is 2.38. The van der Waals surface area contributed by atoms with E-state index in [0.29, 0.717) is 0 Å². The molecule has 0 aliphatic heterocycles. The summed E-state index contributed by atoms with van der Waals surface area (Å²) >= 11 is 2.10. The summed E-state index contributed by atoms with van der Waals surface area (Å²) < 4.78 is 0. The first-order valence-corrected chi connectivity index (χ1v) is 8.38. The number of hydrogen-bond donors (Lipinski definition) is 0. The third-order valence-electron chi connectivity index (χ3n) is 4.41. The Labute approximate surface area is 107 Å². The molecule has 0 nitrogen and oxygen atoms in total. The van der Waals surface area contributed by atoms with Crippen LogP contribution in [0, 0.1) is 23.7 Å². The van der Waals surface area contributed by atoms with Crippen LogP contribution < -0.4 is 0 Å². The van der Waals surface area contributed by atoms with Crippen molar-refractivity contribution in [1.82, 2.24) is 0 Å². The van der Waals surface area contributed by atoms with Gasteiger partial charge < -0.3 is 0 Å². The van der Waals surface area contributed by atoms with Gasteiger partial charge in [0, 0.05) is 0 Å². The van der Waals surface area contributed by atoms with E-state index < -0.39 is 0 Å². The Bertz CT molecular complexity index is 168. The lowest BCUT2D eigenvalue weighted by atomic mass is 9.70. The summed E-state index contributed by atoms with van der Waals surface area (Å²) in [5.41, 5.74) is 0. The van der Waals surface area contributed by atoms with E-state index >= 15 is 0 Å². The van der Waals surface area contributed by atoms with E-state index in [4.69, 9.17) is 0 Å². The molecule has 1 fully saturated rings. The Balaban J connectivity index is 2.27. The average molecular weight is 242 g/mol. The summed E-state index contributed by atoms with van der Waals surface area (Å²) in [5, 5.41) is 0. The van der Waals surface area contributed by atoms with Gasteiger partial charge in [-0.15, -0.1) is 0 Å². The maximum Gasteiger partial charge on any atom is -0.00651 e. The summed E-state index contributed by atoms with van der Waals surface area (Å²) in [7, 11) is 0. The second-order valence-electron chi connectivity index (χ2n) is 5.88. The zero-order valence-corrected chi connectivity index (χ0v) is 12.5. The molecule has 0 N–H and O–H groups in total. The highest BCUT2D eigenvalue weighted by atomic mass is 32.2. The molecule has 16 heavy (non-hydrogen) atoms. The number of rotatable bonds is 6. The van der Waals surface area contributed by atoms with Crippen LogP contribution in [0.3, 0.4) is 0 Å². The van der Waals surface area contributed by atoms with Crippen LogP contribution in [0.25, 0.3) is 0 Å². The van der Waals surface area contributed by atoms with Crippen molar-refractivity contribution in [2.75, 3.05) is 11.5 Å². The van der Waals surface area contributed by atoms with Gasteiger partial charge in [0.25, 0.3) is 0 Å². The van der Waals surface area contributed by atoms with E-state index in [0.717, 1.165) is 23.7 Å². The fourth-order valence-electron chi connectivity index (χ4n) is 3.23. The predicted molar refractivity (Wildman–Crippen MR) is 77.1 cm³/mol. The quantitative estimate of drug-likeness (QED) is 0.575. The van der Waals surface area contributed by atoms with Crippen LogP contribution in [0.15, 0.2) is 0 Å². The molecule has 0 spiro atoms. The number of thioether (sulfide) groups is 1. The monoisotopic (exact) mass is 242 g/mol. The van der Waals surface area contributed by atoms with E-state index in [9.17, 15) is 0 Å². The summed E-state index contributed by atoms with van der Waals surface area (Å²) in [6, 6.07) is 0. The van der Waals surface area contributed by atoms with Crippen molar-refractivity contribution in [1.29, 1.82) is 0 Å². The molecule has 0 bridgehead atoms. The van der Waals surface area contributed by atoms with Crippen molar-refractivity contribution in [3.8, 4) is 0 Å². The Morgan fingerprint density at radius 2 is 1.81 bits per heavy atom.